The van der Waals surface area contributed by atoms with Crippen molar-refractivity contribution in [1.82, 2.24) is 15.0 Å². The number of rotatable bonds is 3. The number of nitrogens with zero attached hydrogens (tertiary/aromatic N) is 3. The summed E-state index contributed by atoms with van der Waals surface area (Å²) in [7, 11) is 0. The topological polar surface area (TPSA) is 59.8 Å². The van der Waals surface area contributed by atoms with Gasteiger partial charge in [-0.2, -0.15) is 0 Å². The van der Waals surface area contributed by atoms with Gasteiger partial charge in [0.15, 0.2) is 5.69 Å². The van der Waals surface area contributed by atoms with E-state index in [9.17, 15) is 9.18 Å². The molecule has 0 fully saturated rings. The van der Waals surface area contributed by atoms with Gasteiger partial charge in [-0.25, -0.2) is 9.07 Å². The van der Waals surface area contributed by atoms with E-state index in [0.717, 1.165) is 6.07 Å². The van der Waals surface area contributed by atoms with Crippen LogP contribution in [0.15, 0.2) is 42.5 Å². The van der Waals surface area contributed by atoms with Crippen LogP contribution in [0.25, 0.3) is 5.69 Å². The molecule has 0 spiro atoms. The second-order valence-corrected chi connectivity index (χ2v) is 5.84. The van der Waals surface area contributed by atoms with E-state index in [-0.39, 0.29) is 16.4 Å². The molecule has 1 N–H and O–H groups in total. The molecule has 3 aromatic rings. The normalized spacial score (nSPS) is 10.7. The molecule has 0 atom stereocenters. The summed E-state index contributed by atoms with van der Waals surface area (Å²) in [6, 6.07) is 11.0. The highest BCUT2D eigenvalue weighted by molar-refractivity contribution is 6.31. The summed E-state index contributed by atoms with van der Waals surface area (Å²) in [5.74, 6) is -1.11. The number of nitrogens with one attached hydrogen (secondary N) is 1. The molecule has 122 valence electrons. The van der Waals surface area contributed by atoms with Gasteiger partial charge in [0.1, 0.15) is 5.82 Å². The van der Waals surface area contributed by atoms with E-state index < -0.39 is 11.7 Å². The van der Waals surface area contributed by atoms with Crippen LogP contribution in [0.1, 0.15) is 16.2 Å². The standard InChI is InChI=1S/C16H11Cl2FN4O/c1-9-15(16(24)20-11-5-6-13(18)14(19)8-11)21-22-23(9)12-4-2-3-10(17)7-12/h2-8H,1H3,(H,20,24). The van der Waals surface area contributed by atoms with Crippen molar-refractivity contribution in [3.63, 3.8) is 0 Å². The number of benzene rings is 2. The predicted octanol–water partition coefficient (Wildman–Crippen LogP) is 4.27. The zero-order valence-corrected chi connectivity index (χ0v) is 13.9. The first-order valence-corrected chi connectivity index (χ1v) is 7.66. The molecule has 2 aromatic carbocycles. The fourth-order valence-electron chi connectivity index (χ4n) is 2.16. The summed E-state index contributed by atoms with van der Waals surface area (Å²) >= 11 is 11.6. The Morgan fingerprint density at radius 1 is 1.21 bits per heavy atom. The molecule has 0 aliphatic carbocycles. The van der Waals surface area contributed by atoms with Crippen molar-refractivity contribution in [1.29, 1.82) is 0 Å². The zero-order valence-electron chi connectivity index (χ0n) is 12.4. The van der Waals surface area contributed by atoms with Crippen molar-refractivity contribution >= 4 is 34.8 Å². The molecular weight excluding hydrogens is 354 g/mol. The lowest BCUT2D eigenvalue weighted by molar-refractivity contribution is 0.102. The molecule has 0 aliphatic heterocycles. The monoisotopic (exact) mass is 364 g/mol. The third-order valence-corrected chi connectivity index (χ3v) is 3.88. The number of hydrogen-bond donors (Lipinski definition) is 1. The highest BCUT2D eigenvalue weighted by Crippen LogP contribution is 2.20. The molecule has 5 nitrogen and oxygen atoms in total. The molecule has 1 heterocycles. The summed E-state index contributed by atoms with van der Waals surface area (Å²) in [4.78, 5) is 12.3. The van der Waals surface area contributed by atoms with Crippen molar-refractivity contribution in [3.05, 3.63) is 69.7 Å². The lowest BCUT2D eigenvalue weighted by Gasteiger charge is -2.06. The molecule has 3 rings (SSSR count). The summed E-state index contributed by atoms with van der Waals surface area (Å²) in [6.45, 7) is 1.71. The number of aromatic nitrogens is 3. The highest BCUT2D eigenvalue weighted by Gasteiger charge is 2.18. The largest absolute Gasteiger partial charge is 0.320 e. The Kier molecular flexibility index (Phi) is 4.51. The molecule has 1 aromatic heterocycles. The van der Waals surface area contributed by atoms with Gasteiger partial charge in [0.2, 0.25) is 0 Å². The summed E-state index contributed by atoms with van der Waals surface area (Å²) in [5.41, 5.74) is 1.62. The van der Waals surface area contributed by atoms with Crippen LogP contribution in [-0.4, -0.2) is 20.9 Å². The molecule has 8 heteroatoms. The second-order valence-electron chi connectivity index (χ2n) is 5.00. The fourth-order valence-corrected chi connectivity index (χ4v) is 2.46. The van der Waals surface area contributed by atoms with Gasteiger partial charge in [-0.3, -0.25) is 4.79 Å². The van der Waals surface area contributed by atoms with Gasteiger partial charge in [0.25, 0.3) is 5.91 Å². The molecule has 24 heavy (non-hydrogen) atoms. The Morgan fingerprint density at radius 2 is 2.00 bits per heavy atom. The fraction of sp³-hybridized carbons (Fsp3) is 0.0625. The Labute approximate surface area is 147 Å². The van der Waals surface area contributed by atoms with Crippen LogP contribution in [0.3, 0.4) is 0 Å². The van der Waals surface area contributed by atoms with Gasteiger partial charge < -0.3 is 5.32 Å². The minimum absolute atomic E-state index is 0.0175. The molecule has 0 radical (unpaired) electrons. The third kappa shape index (κ3) is 3.25. The molecule has 0 unspecified atom stereocenters. The van der Waals surface area contributed by atoms with Gasteiger partial charge in [0.05, 0.1) is 16.4 Å². The Morgan fingerprint density at radius 3 is 2.71 bits per heavy atom. The minimum atomic E-state index is -0.617. The number of hydrogen-bond acceptors (Lipinski definition) is 3. The maximum atomic E-state index is 13.4. The van der Waals surface area contributed by atoms with Gasteiger partial charge in [-0.1, -0.05) is 34.5 Å². The lowest BCUT2D eigenvalue weighted by Crippen LogP contribution is -2.14. The van der Waals surface area contributed by atoms with Crippen molar-refractivity contribution in [2.45, 2.75) is 6.92 Å². The van der Waals surface area contributed by atoms with E-state index in [1.165, 1.54) is 16.8 Å². The first kappa shape index (κ1) is 16.4. The number of carbonyl (C=O) groups excluding carboxylic acids is 1. The van der Waals surface area contributed by atoms with Crippen LogP contribution in [0, 0.1) is 12.7 Å². The highest BCUT2D eigenvalue weighted by atomic mass is 35.5. The van der Waals surface area contributed by atoms with Crippen LogP contribution >= 0.6 is 23.2 Å². The van der Waals surface area contributed by atoms with E-state index in [2.05, 4.69) is 15.6 Å². The summed E-state index contributed by atoms with van der Waals surface area (Å²) in [6.07, 6.45) is 0. The molecule has 0 saturated carbocycles. The number of amides is 1. The van der Waals surface area contributed by atoms with E-state index in [1.54, 1.807) is 31.2 Å². The SMILES string of the molecule is Cc1c(C(=O)Nc2ccc(Cl)c(F)c2)nnn1-c1cccc(Cl)c1. The van der Waals surface area contributed by atoms with E-state index >= 15 is 0 Å². The van der Waals surface area contributed by atoms with Crippen molar-refractivity contribution in [2.24, 2.45) is 0 Å². The molecule has 1 amide bonds. The van der Waals surface area contributed by atoms with Crippen LogP contribution in [-0.2, 0) is 0 Å². The Bertz CT molecular complexity index is 926. The molecule has 0 aliphatic rings. The molecule has 0 bridgehead atoms. The summed E-state index contributed by atoms with van der Waals surface area (Å²) < 4.78 is 15.0. The predicted molar refractivity (Wildman–Crippen MR) is 90.5 cm³/mol. The smallest absolute Gasteiger partial charge is 0.278 e. The third-order valence-electron chi connectivity index (χ3n) is 3.34. The second kappa shape index (κ2) is 6.59. The number of anilines is 1. The van der Waals surface area contributed by atoms with E-state index in [1.807, 2.05) is 0 Å². The van der Waals surface area contributed by atoms with E-state index in [0.29, 0.717) is 16.4 Å². The zero-order chi connectivity index (χ0) is 17.3. The van der Waals surface area contributed by atoms with Crippen molar-refractivity contribution in [3.8, 4) is 5.69 Å². The Hall–Kier alpha value is -2.44. The van der Waals surface area contributed by atoms with Crippen molar-refractivity contribution < 1.29 is 9.18 Å². The van der Waals surface area contributed by atoms with Crippen LogP contribution in [0.4, 0.5) is 10.1 Å². The molecule has 0 saturated heterocycles. The molecular formula is C16H11Cl2FN4O. The maximum absolute atomic E-state index is 13.4. The van der Waals surface area contributed by atoms with Gasteiger partial charge in [0, 0.05) is 10.7 Å². The summed E-state index contributed by atoms with van der Waals surface area (Å²) in [5, 5.41) is 11.0. The van der Waals surface area contributed by atoms with Crippen LogP contribution in [0.2, 0.25) is 10.0 Å². The first-order valence-electron chi connectivity index (χ1n) is 6.90. The number of carbonyl (C=O) groups is 1. The first-order chi connectivity index (χ1) is 11.5. The Balaban J connectivity index is 1.87. The van der Waals surface area contributed by atoms with Gasteiger partial charge in [-0.15, -0.1) is 5.10 Å². The van der Waals surface area contributed by atoms with Crippen molar-refractivity contribution in [2.75, 3.05) is 5.32 Å². The quantitative estimate of drug-likeness (QED) is 0.754. The van der Waals surface area contributed by atoms with Gasteiger partial charge in [-0.05, 0) is 43.3 Å². The minimum Gasteiger partial charge on any atom is -0.320 e. The average molecular weight is 365 g/mol. The maximum Gasteiger partial charge on any atom is 0.278 e. The lowest BCUT2D eigenvalue weighted by atomic mass is 10.2. The van der Waals surface area contributed by atoms with Crippen LogP contribution in [0.5, 0.6) is 0 Å². The van der Waals surface area contributed by atoms with Crippen LogP contribution < -0.4 is 5.32 Å². The average Bonchev–Trinajstić information content (AvgIpc) is 2.93. The number of halogens is 3. The van der Waals surface area contributed by atoms with Gasteiger partial charge >= 0.3 is 0 Å². The van der Waals surface area contributed by atoms with E-state index in [4.69, 9.17) is 23.2 Å².